The Balaban J connectivity index is 1.48. The molecule has 0 saturated heterocycles. The largest absolute Gasteiger partial charge is 0.486 e. The topological polar surface area (TPSA) is 76.1 Å². The van der Waals surface area contributed by atoms with Crippen molar-refractivity contribution in [2.75, 3.05) is 18.1 Å². The summed E-state index contributed by atoms with van der Waals surface area (Å²) in [6, 6.07) is 19.8. The number of anilines is 1. The van der Waals surface area contributed by atoms with E-state index in [4.69, 9.17) is 9.47 Å². The van der Waals surface area contributed by atoms with Crippen LogP contribution in [0.1, 0.15) is 27.9 Å². The number of nitrogens with zero attached hydrogens (tertiary/aromatic N) is 1. The Labute approximate surface area is 193 Å². The summed E-state index contributed by atoms with van der Waals surface area (Å²) < 4.78 is 11.8. The normalized spacial score (nSPS) is 19.1. The number of halogens is 1. The highest BCUT2D eigenvalue weighted by atomic mass is 79.9. The van der Waals surface area contributed by atoms with Crippen molar-refractivity contribution in [3.05, 3.63) is 87.9 Å². The minimum absolute atomic E-state index is 0.300. The number of amides is 1. The van der Waals surface area contributed by atoms with Crippen LogP contribution in [0, 0.1) is 0 Å². The molecule has 0 aromatic heterocycles. The molecule has 0 bridgehead atoms. The van der Waals surface area contributed by atoms with Gasteiger partial charge in [0.15, 0.2) is 22.9 Å². The van der Waals surface area contributed by atoms with Crippen LogP contribution in [0.5, 0.6) is 11.5 Å². The second-order valence-electron chi connectivity index (χ2n) is 7.86. The van der Waals surface area contributed by atoms with E-state index in [1.54, 1.807) is 30.3 Å². The number of rotatable bonds is 5. The summed E-state index contributed by atoms with van der Waals surface area (Å²) in [5.41, 5.74) is 0.335. The van der Waals surface area contributed by atoms with Crippen molar-refractivity contribution in [3.63, 3.8) is 0 Å². The van der Waals surface area contributed by atoms with Crippen molar-refractivity contribution >= 4 is 33.3 Å². The molecule has 3 aromatic rings. The van der Waals surface area contributed by atoms with Gasteiger partial charge >= 0.3 is 0 Å². The summed E-state index contributed by atoms with van der Waals surface area (Å²) in [4.78, 5) is 28.2. The number of benzene rings is 3. The number of hydrogen-bond donors (Lipinski definition) is 1. The number of Topliss-reactive ketones (excluding diaryl/α,β-unsaturated/α-hetero) is 1. The fourth-order valence-electron chi connectivity index (χ4n) is 4.17. The number of fused-ring (bicyclic) bond motifs is 2. The second kappa shape index (κ2) is 8.07. The summed E-state index contributed by atoms with van der Waals surface area (Å²) in [6.45, 7) is 1.16. The molecule has 162 valence electrons. The fraction of sp³-hybridized carbons (Fsp3) is 0.200. The third-order valence-corrected chi connectivity index (χ3v) is 6.25. The van der Waals surface area contributed by atoms with Crippen LogP contribution in [0.2, 0.25) is 0 Å². The van der Waals surface area contributed by atoms with E-state index in [-0.39, 0.29) is 12.2 Å². The average molecular weight is 494 g/mol. The molecular formula is C25H20BrNO5. The quantitative estimate of drug-likeness (QED) is 0.538. The third-order valence-electron chi connectivity index (χ3n) is 5.76. The Morgan fingerprint density at radius 3 is 2.53 bits per heavy atom. The van der Waals surface area contributed by atoms with Gasteiger partial charge in [0.05, 0.1) is 18.7 Å². The highest BCUT2D eigenvalue weighted by Gasteiger charge is 2.51. The van der Waals surface area contributed by atoms with Gasteiger partial charge in [0.25, 0.3) is 5.91 Å². The molecular weight excluding hydrogens is 474 g/mol. The molecule has 0 fully saturated rings. The van der Waals surface area contributed by atoms with Crippen LogP contribution in [-0.4, -0.2) is 30.0 Å². The van der Waals surface area contributed by atoms with Crippen molar-refractivity contribution in [1.29, 1.82) is 0 Å². The smallest absolute Gasteiger partial charge is 0.264 e. The van der Waals surface area contributed by atoms with Gasteiger partial charge < -0.3 is 19.5 Å². The van der Waals surface area contributed by atoms with Gasteiger partial charge in [-0.15, -0.1) is 0 Å². The second-order valence-corrected chi connectivity index (χ2v) is 8.77. The third kappa shape index (κ3) is 3.57. The lowest BCUT2D eigenvalue weighted by molar-refractivity contribution is -0.136. The summed E-state index contributed by atoms with van der Waals surface area (Å²) >= 11 is 3.42. The summed E-state index contributed by atoms with van der Waals surface area (Å²) in [7, 11) is 0. The Bertz CT molecular complexity index is 1210. The van der Waals surface area contributed by atoms with E-state index in [1.807, 2.05) is 36.4 Å². The Morgan fingerprint density at radius 1 is 1.00 bits per heavy atom. The Hall–Kier alpha value is -3.16. The highest BCUT2D eigenvalue weighted by molar-refractivity contribution is 9.10. The molecule has 2 heterocycles. The van der Waals surface area contributed by atoms with E-state index in [9.17, 15) is 14.7 Å². The van der Waals surface area contributed by atoms with E-state index < -0.39 is 11.5 Å². The monoisotopic (exact) mass is 493 g/mol. The lowest BCUT2D eigenvalue weighted by atomic mass is 9.88. The molecule has 0 saturated carbocycles. The molecule has 1 amide bonds. The maximum Gasteiger partial charge on any atom is 0.264 e. The predicted octanol–water partition coefficient (Wildman–Crippen LogP) is 4.23. The molecule has 1 atom stereocenters. The van der Waals surface area contributed by atoms with Crippen LogP contribution < -0.4 is 14.4 Å². The van der Waals surface area contributed by atoms with Crippen molar-refractivity contribution in [2.24, 2.45) is 0 Å². The van der Waals surface area contributed by atoms with Gasteiger partial charge in [-0.2, -0.15) is 0 Å². The molecule has 0 spiro atoms. The maximum absolute atomic E-state index is 13.5. The van der Waals surface area contributed by atoms with Crippen molar-refractivity contribution in [3.8, 4) is 11.5 Å². The number of carbonyl (C=O) groups excluding carboxylic acids is 2. The Morgan fingerprint density at radius 2 is 1.75 bits per heavy atom. The van der Waals surface area contributed by atoms with Crippen LogP contribution in [0.25, 0.3) is 0 Å². The molecule has 5 rings (SSSR count). The van der Waals surface area contributed by atoms with Gasteiger partial charge in [0.2, 0.25) is 0 Å². The average Bonchev–Trinajstić information content (AvgIpc) is 3.00. The van der Waals surface area contributed by atoms with Crippen molar-refractivity contribution < 1.29 is 24.2 Å². The van der Waals surface area contributed by atoms with E-state index >= 15 is 0 Å². The molecule has 0 aliphatic carbocycles. The van der Waals surface area contributed by atoms with E-state index in [1.165, 1.54) is 4.90 Å². The number of carbonyl (C=O) groups is 2. The van der Waals surface area contributed by atoms with E-state index in [2.05, 4.69) is 15.9 Å². The fourth-order valence-corrected chi connectivity index (χ4v) is 4.53. The first kappa shape index (κ1) is 20.7. The van der Waals surface area contributed by atoms with Gasteiger partial charge in [-0.25, -0.2) is 0 Å². The number of ketones is 1. The molecule has 1 N–H and O–H groups in total. The molecule has 6 nitrogen and oxygen atoms in total. The standard InChI is InChI=1S/C25H20BrNO5/c26-18-7-8-20-19(13-18)25(30,24(29)27(20)15-16-4-2-1-3-5-16)14-21(28)17-6-9-22-23(12-17)32-11-10-31-22/h1-9,12-13,30H,10-11,14-15H2/t25-/m1/s1. The Kier molecular flexibility index (Phi) is 5.23. The molecule has 2 aliphatic heterocycles. The zero-order chi connectivity index (χ0) is 22.3. The zero-order valence-corrected chi connectivity index (χ0v) is 18.7. The number of ether oxygens (including phenoxy) is 2. The van der Waals surface area contributed by atoms with Crippen LogP contribution in [-0.2, 0) is 16.9 Å². The first-order valence-corrected chi connectivity index (χ1v) is 11.1. The van der Waals surface area contributed by atoms with E-state index in [0.717, 1.165) is 10.0 Å². The highest BCUT2D eigenvalue weighted by Crippen LogP contribution is 2.45. The maximum atomic E-state index is 13.5. The minimum atomic E-state index is -1.96. The molecule has 3 aromatic carbocycles. The van der Waals surface area contributed by atoms with Gasteiger partial charge in [-0.05, 0) is 42.0 Å². The molecule has 0 unspecified atom stereocenters. The van der Waals surface area contributed by atoms with Gasteiger partial charge in [0, 0.05) is 15.6 Å². The molecule has 7 heteroatoms. The van der Waals surface area contributed by atoms with Crippen molar-refractivity contribution in [2.45, 2.75) is 18.6 Å². The minimum Gasteiger partial charge on any atom is -0.486 e. The van der Waals surface area contributed by atoms with Gasteiger partial charge in [-0.1, -0.05) is 46.3 Å². The lowest BCUT2D eigenvalue weighted by Gasteiger charge is -2.23. The SMILES string of the molecule is O=C(C[C@]1(O)C(=O)N(Cc2ccccc2)c2ccc(Br)cc21)c1ccc2c(c1)OCCO2. The van der Waals surface area contributed by atoms with Crippen LogP contribution in [0.4, 0.5) is 5.69 Å². The number of hydrogen-bond acceptors (Lipinski definition) is 5. The number of aliphatic hydroxyl groups is 1. The van der Waals surface area contributed by atoms with Gasteiger partial charge in [-0.3, -0.25) is 9.59 Å². The van der Waals surface area contributed by atoms with Crippen LogP contribution in [0.3, 0.4) is 0 Å². The first-order chi connectivity index (χ1) is 15.5. The zero-order valence-electron chi connectivity index (χ0n) is 17.1. The lowest BCUT2D eigenvalue weighted by Crippen LogP contribution is -2.41. The molecule has 0 radical (unpaired) electrons. The molecule has 32 heavy (non-hydrogen) atoms. The van der Waals surface area contributed by atoms with Gasteiger partial charge in [0.1, 0.15) is 13.2 Å². The summed E-state index contributed by atoms with van der Waals surface area (Å²) in [5, 5.41) is 11.6. The summed E-state index contributed by atoms with van der Waals surface area (Å²) in [6.07, 6.45) is -0.375. The van der Waals surface area contributed by atoms with Crippen molar-refractivity contribution in [1.82, 2.24) is 0 Å². The summed E-state index contributed by atoms with van der Waals surface area (Å²) in [5.74, 6) is 0.193. The van der Waals surface area contributed by atoms with Crippen LogP contribution in [0.15, 0.2) is 71.2 Å². The van der Waals surface area contributed by atoms with E-state index in [0.29, 0.717) is 48.1 Å². The molecule has 2 aliphatic rings. The predicted molar refractivity (Wildman–Crippen MR) is 122 cm³/mol. The first-order valence-electron chi connectivity index (χ1n) is 10.3. The van der Waals surface area contributed by atoms with Crippen LogP contribution >= 0.6 is 15.9 Å².